The topological polar surface area (TPSA) is 12.0 Å². The maximum Gasteiger partial charge on any atom is 0.0212 e. The van der Waals surface area contributed by atoms with Gasteiger partial charge in [0.25, 0.3) is 0 Å². The second-order valence-electron chi connectivity index (χ2n) is 4.75. The van der Waals surface area contributed by atoms with Crippen LogP contribution in [-0.4, -0.2) is 23.6 Å². The molecule has 0 spiro atoms. The predicted molar refractivity (Wildman–Crippen MR) is 71.6 cm³/mol. The van der Waals surface area contributed by atoms with Gasteiger partial charge in [0.05, 0.1) is 0 Å². The van der Waals surface area contributed by atoms with E-state index in [0.29, 0.717) is 0 Å². The standard InChI is InChI=1S/C13H27NS/c1-4-8-11(3)13(14-5-2)12-9-6-7-10-15-12/h11-14H,4-10H2,1-3H3. The van der Waals surface area contributed by atoms with Gasteiger partial charge in [-0.25, -0.2) is 0 Å². The number of thioether (sulfide) groups is 1. The highest BCUT2D eigenvalue weighted by molar-refractivity contribution is 8.00. The second kappa shape index (κ2) is 7.56. The van der Waals surface area contributed by atoms with Crippen LogP contribution in [0.4, 0.5) is 0 Å². The van der Waals surface area contributed by atoms with E-state index in [2.05, 4.69) is 37.8 Å². The fourth-order valence-electron chi connectivity index (χ4n) is 2.62. The zero-order chi connectivity index (χ0) is 11.1. The van der Waals surface area contributed by atoms with E-state index < -0.39 is 0 Å². The molecule has 1 N–H and O–H groups in total. The summed E-state index contributed by atoms with van der Waals surface area (Å²) in [7, 11) is 0. The largest absolute Gasteiger partial charge is 0.313 e. The molecule has 3 atom stereocenters. The predicted octanol–water partition coefficient (Wildman–Crippen LogP) is 3.69. The lowest BCUT2D eigenvalue weighted by molar-refractivity contribution is 0.338. The first kappa shape index (κ1) is 13.4. The third kappa shape index (κ3) is 4.36. The van der Waals surface area contributed by atoms with E-state index in [-0.39, 0.29) is 0 Å². The van der Waals surface area contributed by atoms with Gasteiger partial charge >= 0.3 is 0 Å². The van der Waals surface area contributed by atoms with E-state index in [1.54, 1.807) is 0 Å². The molecule has 1 heterocycles. The quantitative estimate of drug-likeness (QED) is 0.745. The third-order valence-corrected chi connectivity index (χ3v) is 4.89. The molecule has 1 aliphatic rings. The van der Waals surface area contributed by atoms with Crippen LogP contribution in [0.5, 0.6) is 0 Å². The summed E-state index contributed by atoms with van der Waals surface area (Å²) in [6.45, 7) is 8.08. The molecule has 1 nitrogen and oxygen atoms in total. The van der Waals surface area contributed by atoms with Gasteiger partial charge in [-0.1, -0.05) is 33.6 Å². The average molecular weight is 229 g/mol. The van der Waals surface area contributed by atoms with Gasteiger partial charge in [-0.3, -0.25) is 0 Å². The lowest BCUT2D eigenvalue weighted by atomic mass is 9.92. The summed E-state index contributed by atoms with van der Waals surface area (Å²) in [5.74, 6) is 2.22. The van der Waals surface area contributed by atoms with Crippen molar-refractivity contribution in [3.05, 3.63) is 0 Å². The number of rotatable bonds is 6. The second-order valence-corrected chi connectivity index (χ2v) is 6.10. The minimum Gasteiger partial charge on any atom is -0.313 e. The van der Waals surface area contributed by atoms with E-state index in [9.17, 15) is 0 Å². The molecule has 0 amide bonds. The normalized spacial score (nSPS) is 26.2. The van der Waals surface area contributed by atoms with Crippen molar-refractivity contribution in [3.8, 4) is 0 Å². The lowest BCUT2D eigenvalue weighted by Crippen LogP contribution is -2.44. The molecule has 90 valence electrons. The smallest absolute Gasteiger partial charge is 0.0212 e. The maximum atomic E-state index is 3.72. The Morgan fingerprint density at radius 1 is 1.33 bits per heavy atom. The van der Waals surface area contributed by atoms with Gasteiger partial charge in [0.15, 0.2) is 0 Å². The highest BCUT2D eigenvalue weighted by Gasteiger charge is 2.27. The zero-order valence-electron chi connectivity index (χ0n) is 10.6. The summed E-state index contributed by atoms with van der Waals surface area (Å²) in [4.78, 5) is 0. The summed E-state index contributed by atoms with van der Waals surface area (Å²) in [6.07, 6.45) is 6.99. The van der Waals surface area contributed by atoms with E-state index in [1.807, 2.05) is 0 Å². The molecular weight excluding hydrogens is 202 g/mol. The Balaban J connectivity index is 2.46. The minimum atomic E-state index is 0.750. The van der Waals surface area contributed by atoms with Gasteiger partial charge < -0.3 is 5.32 Å². The molecule has 0 aromatic carbocycles. The Kier molecular flexibility index (Phi) is 6.74. The molecule has 3 unspecified atom stereocenters. The highest BCUT2D eigenvalue weighted by atomic mass is 32.2. The van der Waals surface area contributed by atoms with Crippen molar-refractivity contribution in [2.75, 3.05) is 12.3 Å². The first-order valence-corrected chi connectivity index (χ1v) is 7.69. The third-order valence-electron chi connectivity index (χ3n) is 3.41. The Morgan fingerprint density at radius 2 is 2.13 bits per heavy atom. The van der Waals surface area contributed by atoms with Crippen molar-refractivity contribution < 1.29 is 0 Å². The molecule has 15 heavy (non-hydrogen) atoms. The van der Waals surface area contributed by atoms with Crippen LogP contribution in [0.1, 0.15) is 52.9 Å². The van der Waals surface area contributed by atoms with Crippen molar-refractivity contribution in [2.45, 2.75) is 64.2 Å². The zero-order valence-corrected chi connectivity index (χ0v) is 11.4. The van der Waals surface area contributed by atoms with Crippen LogP contribution in [0.2, 0.25) is 0 Å². The molecule has 1 aliphatic heterocycles. The van der Waals surface area contributed by atoms with Crippen molar-refractivity contribution >= 4 is 11.8 Å². The Morgan fingerprint density at radius 3 is 2.67 bits per heavy atom. The summed E-state index contributed by atoms with van der Waals surface area (Å²) < 4.78 is 0. The number of hydrogen-bond acceptors (Lipinski definition) is 2. The maximum absolute atomic E-state index is 3.72. The minimum absolute atomic E-state index is 0.750. The van der Waals surface area contributed by atoms with Gasteiger partial charge in [-0.05, 0) is 37.5 Å². The van der Waals surface area contributed by atoms with Crippen LogP contribution in [0.3, 0.4) is 0 Å². The van der Waals surface area contributed by atoms with Crippen LogP contribution in [-0.2, 0) is 0 Å². The van der Waals surface area contributed by atoms with Gasteiger partial charge in [0.2, 0.25) is 0 Å². The highest BCUT2D eigenvalue weighted by Crippen LogP contribution is 2.31. The molecule has 2 heteroatoms. The van der Waals surface area contributed by atoms with Crippen molar-refractivity contribution in [1.82, 2.24) is 5.32 Å². The molecule has 1 rings (SSSR count). The van der Waals surface area contributed by atoms with E-state index in [0.717, 1.165) is 23.8 Å². The van der Waals surface area contributed by atoms with Crippen molar-refractivity contribution in [3.63, 3.8) is 0 Å². The summed E-state index contributed by atoms with van der Waals surface area (Å²) in [6, 6.07) is 0.750. The van der Waals surface area contributed by atoms with Crippen LogP contribution < -0.4 is 5.32 Å². The van der Waals surface area contributed by atoms with Crippen molar-refractivity contribution in [2.24, 2.45) is 5.92 Å². The first-order chi connectivity index (χ1) is 7.29. The lowest BCUT2D eigenvalue weighted by Gasteiger charge is -2.34. The molecule has 0 aromatic rings. The van der Waals surface area contributed by atoms with Gasteiger partial charge in [-0.15, -0.1) is 0 Å². The number of nitrogens with one attached hydrogen (secondary N) is 1. The summed E-state index contributed by atoms with van der Waals surface area (Å²) in [5, 5.41) is 4.59. The fourth-order valence-corrected chi connectivity index (χ4v) is 4.20. The Hall–Kier alpha value is 0.310. The van der Waals surface area contributed by atoms with Gasteiger partial charge in [0.1, 0.15) is 0 Å². The average Bonchev–Trinajstić information content (AvgIpc) is 2.27. The van der Waals surface area contributed by atoms with Gasteiger partial charge in [0, 0.05) is 11.3 Å². The van der Waals surface area contributed by atoms with E-state index in [4.69, 9.17) is 0 Å². The molecule has 0 radical (unpaired) electrons. The monoisotopic (exact) mass is 229 g/mol. The molecule has 1 saturated heterocycles. The Labute approximate surface area is 99.8 Å². The number of hydrogen-bond donors (Lipinski definition) is 1. The SMILES string of the molecule is CCCC(C)C(NCC)C1CCCCS1. The van der Waals surface area contributed by atoms with Crippen LogP contribution in [0.15, 0.2) is 0 Å². The first-order valence-electron chi connectivity index (χ1n) is 6.64. The Bertz CT molecular complexity index is 155. The van der Waals surface area contributed by atoms with E-state index in [1.165, 1.54) is 37.9 Å². The van der Waals surface area contributed by atoms with Crippen LogP contribution in [0.25, 0.3) is 0 Å². The van der Waals surface area contributed by atoms with E-state index >= 15 is 0 Å². The fraction of sp³-hybridized carbons (Fsp3) is 1.00. The molecular formula is C13H27NS. The molecule has 0 aliphatic carbocycles. The summed E-state index contributed by atoms with van der Waals surface area (Å²) in [5.41, 5.74) is 0. The van der Waals surface area contributed by atoms with Crippen molar-refractivity contribution in [1.29, 1.82) is 0 Å². The molecule has 0 bridgehead atoms. The van der Waals surface area contributed by atoms with Crippen LogP contribution in [0, 0.1) is 5.92 Å². The molecule has 0 aromatic heterocycles. The molecule has 0 saturated carbocycles. The van der Waals surface area contributed by atoms with Gasteiger partial charge in [-0.2, -0.15) is 11.8 Å². The van der Waals surface area contributed by atoms with Crippen LogP contribution >= 0.6 is 11.8 Å². The summed E-state index contributed by atoms with van der Waals surface area (Å²) >= 11 is 2.20. The molecule has 1 fully saturated rings.